The van der Waals surface area contributed by atoms with E-state index in [1.54, 1.807) is 0 Å². The van der Waals surface area contributed by atoms with E-state index in [4.69, 9.17) is 11.6 Å². The van der Waals surface area contributed by atoms with Crippen LogP contribution in [0.1, 0.15) is 6.42 Å². The summed E-state index contributed by atoms with van der Waals surface area (Å²) in [5.41, 5.74) is 0.0797. The highest BCUT2D eigenvalue weighted by Gasteiger charge is 2.38. The van der Waals surface area contributed by atoms with Crippen LogP contribution < -0.4 is 9.64 Å². The molecular weight excluding hydrogens is 319 g/mol. The number of hydrogen-bond acceptors (Lipinski definition) is 4. The van der Waals surface area contributed by atoms with Crippen molar-refractivity contribution in [2.45, 2.75) is 18.0 Å². The zero-order valence-electron chi connectivity index (χ0n) is 9.65. The van der Waals surface area contributed by atoms with Crippen molar-refractivity contribution in [2.24, 2.45) is 0 Å². The molecular formula is C11H7ClF3NO3S. The number of carbonyl (C=O) groups excluding carboxylic acids is 2. The van der Waals surface area contributed by atoms with E-state index in [1.807, 2.05) is 0 Å². The topological polar surface area (TPSA) is 46.6 Å². The molecule has 4 nitrogen and oxygen atoms in total. The molecule has 1 aromatic rings. The lowest BCUT2D eigenvalue weighted by molar-refractivity contribution is -0.274. The van der Waals surface area contributed by atoms with Crippen LogP contribution in [-0.4, -0.2) is 23.4 Å². The van der Waals surface area contributed by atoms with Gasteiger partial charge in [0.25, 0.3) is 0 Å². The molecule has 9 heteroatoms. The number of thiol groups is 1. The fourth-order valence-electron chi connectivity index (χ4n) is 1.72. The summed E-state index contributed by atoms with van der Waals surface area (Å²) in [6, 6.07) is 3.15. The van der Waals surface area contributed by atoms with Crippen LogP contribution in [0.4, 0.5) is 18.9 Å². The van der Waals surface area contributed by atoms with Gasteiger partial charge in [0.2, 0.25) is 11.8 Å². The van der Waals surface area contributed by atoms with Gasteiger partial charge in [0, 0.05) is 6.42 Å². The van der Waals surface area contributed by atoms with Gasteiger partial charge in [-0.3, -0.25) is 9.59 Å². The molecule has 0 bridgehead atoms. The van der Waals surface area contributed by atoms with Gasteiger partial charge in [-0.05, 0) is 18.2 Å². The third-order valence-electron chi connectivity index (χ3n) is 2.52. The first kappa shape index (κ1) is 15.0. The molecule has 1 aliphatic rings. The highest BCUT2D eigenvalue weighted by atomic mass is 35.5. The summed E-state index contributed by atoms with van der Waals surface area (Å²) in [4.78, 5) is 24.2. The van der Waals surface area contributed by atoms with E-state index in [0.717, 1.165) is 23.1 Å². The SMILES string of the molecule is O=C1CC(S)C(=O)N1c1ccc(OC(F)(F)F)c(Cl)c1. The van der Waals surface area contributed by atoms with Crippen LogP contribution in [0.5, 0.6) is 5.75 Å². The Morgan fingerprint density at radius 2 is 2.00 bits per heavy atom. The van der Waals surface area contributed by atoms with Gasteiger partial charge in [0.15, 0.2) is 0 Å². The second kappa shape index (κ2) is 5.17. The first-order chi connectivity index (χ1) is 9.19. The fraction of sp³-hybridized carbons (Fsp3) is 0.273. The Morgan fingerprint density at radius 1 is 1.35 bits per heavy atom. The molecule has 2 rings (SSSR count). The molecule has 1 aliphatic heterocycles. The van der Waals surface area contributed by atoms with Crippen molar-refractivity contribution in [2.75, 3.05) is 4.90 Å². The lowest BCUT2D eigenvalue weighted by Crippen LogP contribution is -2.30. The minimum absolute atomic E-state index is 0.0691. The van der Waals surface area contributed by atoms with Gasteiger partial charge in [-0.25, -0.2) is 4.90 Å². The zero-order chi connectivity index (χ0) is 15.1. The highest BCUT2D eigenvalue weighted by Crippen LogP contribution is 2.35. The Balaban J connectivity index is 2.30. The zero-order valence-corrected chi connectivity index (χ0v) is 11.3. The average molecular weight is 326 g/mol. The molecule has 1 atom stereocenters. The van der Waals surface area contributed by atoms with Crippen LogP contribution in [0.3, 0.4) is 0 Å². The Bertz CT molecular complexity index is 579. The summed E-state index contributed by atoms with van der Waals surface area (Å²) >= 11 is 9.59. The lowest BCUT2D eigenvalue weighted by Gasteiger charge is -2.16. The van der Waals surface area contributed by atoms with E-state index in [0.29, 0.717) is 0 Å². The van der Waals surface area contributed by atoms with Crippen molar-refractivity contribution in [3.63, 3.8) is 0 Å². The first-order valence-electron chi connectivity index (χ1n) is 5.29. The van der Waals surface area contributed by atoms with Gasteiger partial charge < -0.3 is 4.74 Å². The van der Waals surface area contributed by atoms with E-state index >= 15 is 0 Å². The minimum atomic E-state index is -4.87. The van der Waals surface area contributed by atoms with Crippen molar-refractivity contribution in [1.82, 2.24) is 0 Å². The summed E-state index contributed by atoms with van der Waals surface area (Å²) in [5, 5.41) is -1.12. The number of rotatable bonds is 2. The van der Waals surface area contributed by atoms with Crippen LogP contribution in [0.2, 0.25) is 5.02 Å². The number of amides is 2. The van der Waals surface area contributed by atoms with Crippen LogP contribution >= 0.6 is 24.2 Å². The number of halogens is 4. The number of benzene rings is 1. The van der Waals surface area contributed by atoms with Crippen molar-refractivity contribution in [3.8, 4) is 5.75 Å². The van der Waals surface area contributed by atoms with Gasteiger partial charge in [-0.1, -0.05) is 11.6 Å². The molecule has 1 aromatic carbocycles. The Hall–Kier alpha value is -1.41. The second-order valence-corrected chi connectivity index (χ2v) is 4.98. The van der Waals surface area contributed by atoms with Gasteiger partial charge in [0.1, 0.15) is 5.75 Å². The van der Waals surface area contributed by atoms with Crippen molar-refractivity contribution >= 4 is 41.7 Å². The minimum Gasteiger partial charge on any atom is -0.404 e. The monoisotopic (exact) mass is 325 g/mol. The predicted octanol–water partition coefficient (Wildman–Crippen LogP) is 2.80. The normalized spacial score (nSPS) is 19.6. The number of anilines is 1. The van der Waals surface area contributed by atoms with Crippen molar-refractivity contribution < 1.29 is 27.5 Å². The fourth-order valence-corrected chi connectivity index (χ4v) is 2.21. The van der Waals surface area contributed by atoms with Crippen LogP contribution in [0.15, 0.2) is 18.2 Å². The molecule has 1 saturated heterocycles. The van der Waals surface area contributed by atoms with E-state index < -0.39 is 29.2 Å². The van der Waals surface area contributed by atoms with E-state index in [-0.39, 0.29) is 17.1 Å². The van der Waals surface area contributed by atoms with Gasteiger partial charge >= 0.3 is 6.36 Å². The molecule has 1 unspecified atom stereocenters. The summed E-state index contributed by atoms with van der Waals surface area (Å²) in [5.74, 6) is -1.64. The molecule has 0 radical (unpaired) electrons. The first-order valence-corrected chi connectivity index (χ1v) is 6.18. The molecule has 0 aliphatic carbocycles. The van der Waals surface area contributed by atoms with Crippen LogP contribution in [0, 0.1) is 0 Å². The number of hydrogen-bond donors (Lipinski definition) is 1. The Morgan fingerprint density at radius 3 is 2.45 bits per heavy atom. The Labute approximate surface area is 121 Å². The van der Waals surface area contributed by atoms with E-state index in [9.17, 15) is 22.8 Å². The molecule has 0 saturated carbocycles. The summed E-state index contributed by atoms with van der Waals surface area (Å²) in [6.07, 6.45) is -4.94. The number of ether oxygens (including phenoxy) is 1. The maximum atomic E-state index is 12.1. The summed E-state index contributed by atoms with van der Waals surface area (Å²) in [6.45, 7) is 0. The maximum Gasteiger partial charge on any atom is 0.573 e. The van der Waals surface area contributed by atoms with Gasteiger partial charge in [-0.2, -0.15) is 12.6 Å². The van der Waals surface area contributed by atoms with Crippen LogP contribution in [-0.2, 0) is 9.59 Å². The van der Waals surface area contributed by atoms with E-state index in [2.05, 4.69) is 17.4 Å². The quantitative estimate of drug-likeness (QED) is 0.672. The molecule has 108 valence electrons. The van der Waals surface area contributed by atoms with Crippen molar-refractivity contribution in [1.29, 1.82) is 0 Å². The summed E-state index contributed by atoms with van der Waals surface area (Å²) in [7, 11) is 0. The lowest BCUT2D eigenvalue weighted by atomic mass is 10.2. The Kier molecular flexibility index (Phi) is 3.88. The molecule has 1 fully saturated rings. The van der Waals surface area contributed by atoms with Crippen molar-refractivity contribution in [3.05, 3.63) is 23.2 Å². The number of alkyl halides is 3. The van der Waals surface area contributed by atoms with Gasteiger partial charge in [0.05, 0.1) is 16.0 Å². The average Bonchev–Trinajstić information content (AvgIpc) is 2.55. The van der Waals surface area contributed by atoms with E-state index in [1.165, 1.54) is 0 Å². The molecule has 0 N–H and O–H groups in total. The number of nitrogens with zero attached hydrogens (tertiary/aromatic N) is 1. The smallest absolute Gasteiger partial charge is 0.404 e. The van der Waals surface area contributed by atoms with Crippen LogP contribution in [0.25, 0.3) is 0 Å². The molecule has 20 heavy (non-hydrogen) atoms. The predicted molar refractivity (Wildman–Crippen MR) is 68.0 cm³/mol. The summed E-state index contributed by atoms with van der Waals surface area (Å²) < 4.78 is 40.0. The maximum absolute atomic E-state index is 12.1. The molecule has 0 spiro atoms. The van der Waals surface area contributed by atoms with Gasteiger partial charge in [-0.15, -0.1) is 13.2 Å². The standard InChI is InChI=1S/C11H7ClF3NO3S/c12-6-3-5(1-2-7(6)19-11(13,14)15)16-9(17)4-8(20)10(16)18/h1-3,8,20H,4H2. The third kappa shape index (κ3) is 3.01. The molecule has 0 aromatic heterocycles. The third-order valence-corrected chi connectivity index (χ3v) is 3.22. The number of imide groups is 1. The highest BCUT2D eigenvalue weighted by molar-refractivity contribution is 7.82. The number of carbonyl (C=O) groups is 2. The second-order valence-electron chi connectivity index (χ2n) is 3.95. The molecule has 1 heterocycles. The largest absolute Gasteiger partial charge is 0.573 e. The molecule has 2 amide bonds.